The summed E-state index contributed by atoms with van der Waals surface area (Å²) in [5, 5.41) is 3.25. The standard InChI is InChI=1S/C12H16F2N4.2ClH/c1-8-6-12(13,14)10-9(8)11(17-7-16-10)18-4-2-15-3-5-18;;/h7-8,15H,2-6H2,1H3;2*1H. The van der Waals surface area contributed by atoms with Crippen LogP contribution in [0, 0.1) is 0 Å². The number of fused-ring (bicyclic) bond motifs is 1. The van der Waals surface area contributed by atoms with Gasteiger partial charge in [-0.15, -0.1) is 24.8 Å². The van der Waals surface area contributed by atoms with Crippen LogP contribution in [0.3, 0.4) is 0 Å². The summed E-state index contributed by atoms with van der Waals surface area (Å²) in [7, 11) is 0. The average Bonchev–Trinajstić information content (AvgIpc) is 2.61. The van der Waals surface area contributed by atoms with Crippen LogP contribution >= 0.6 is 24.8 Å². The molecule has 1 saturated heterocycles. The normalized spacial score (nSPS) is 23.6. The molecule has 0 saturated carbocycles. The first-order chi connectivity index (χ1) is 8.59. The van der Waals surface area contributed by atoms with Crippen molar-refractivity contribution >= 4 is 30.6 Å². The second-order valence-electron chi connectivity index (χ2n) is 5.01. The Morgan fingerprint density at radius 3 is 2.55 bits per heavy atom. The Kier molecular flexibility index (Phi) is 5.52. The molecule has 1 N–H and O–H groups in total. The maximum absolute atomic E-state index is 13.8. The van der Waals surface area contributed by atoms with Crippen LogP contribution in [-0.2, 0) is 5.92 Å². The van der Waals surface area contributed by atoms with Crippen LogP contribution in [-0.4, -0.2) is 36.1 Å². The Bertz CT molecular complexity index is 467. The number of alkyl halides is 2. The molecule has 0 bridgehead atoms. The molecule has 1 unspecified atom stereocenters. The summed E-state index contributed by atoms with van der Waals surface area (Å²) in [5.41, 5.74) is 0.572. The second kappa shape index (κ2) is 6.37. The van der Waals surface area contributed by atoms with Crippen molar-refractivity contribution < 1.29 is 8.78 Å². The third-order valence-corrected chi connectivity index (χ3v) is 3.68. The van der Waals surface area contributed by atoms with E-state index in [1.54, 1.807) is 0 Å². The van der Waals surface area contributed by atoms with Gasteiger partial charge >= 0.3 is 0 Å². The molecule has 8 heteroatoms. The van der Waals surface area contributed by atoms with Gasteiger partial charge in [-0.2, -0.15) is 8.78 Å². The lowest BCUT2D eigenvalue weighted by Gasteiger charge is -2.30. The lowest BCUT2D eigenvalue weighted by atomic mass is 10.1. The number of nitrogens with one attached hydrogen (secondary N) is 1. The first kappa shape index (κ1) is 17.3. The van der Waals surface area contributed by atoms with Gasteiger partial charge in [0.2, 0.25) is 0 Å². The van der Waals surface area contributed by atoms with Crippen LogP contribution < -0.4 is 10.2 Å². The van der Waals surface area contributed by atoms with Crippen LogP contribution in [0.15, 0.2) is 6.33 Å². The molecule has 1 aliphatic heterocycles. The first-order valence-electron chi connectivity index (χ1n) is 6.28. The van der Waals surface area contributed by atoms with Crippen LogP contribution in [0.1, 0.15) is 30.5 Å². The minimum Gasteiger partial charge on any atom is -0.354 e. The van der Waals surface area contributed by atoms with Crippen molar-refractivity contribution in [2.24, 2.45) is 0 Å². The van der Waals surface area contributed by atoms with Gasteiger partial charge in [0.05, 0.1) is 0 Å². The smallest absolute Gasteiger partial charge is 0.290 e. The number of anilines is 1. The summed E-state index contributed by atoms with van der Waals surface area (Å²) in [4.78, 5) is 10.1. The number of nitrogens with zero attached hydrogens (tertiary/aromatic N) is 3. The summed E-state index contributed by atoms with van der Waals surface area (Å²) in [6.45, 7) is 5.17. The number of aromatic nitrogens is 2. The molecule has 0 aromatic carbocycles. The molecule has 1 fully saturated rings. The minimum atomic E-state index is -2.81. The van der Waals surface area contributed by atoms with Crippen molar-refractivity contribution in [3.8, 4) is 0 Å². The maximum Gasteiger partial charge on any atom is 0.290 e. The van der Waals surface area contributed by atoms with E-state index in [1.165, 1.54) is 6.33 Å². The van der Waals surface area contributed by atoms with E-state index in [9.17, 15) is 8.78 Å². The number of piperazine rings is 1. The fourth-order valence-electron chi connectivity index (χ4n) is 2.84. The van der Waals surface area contributed by atoms with E-state index in [0.717, 1.165) is 26.2 Å². The highest BCUT2D eigenvalue weighted by Crippen LogP contribution is 2.49. The van der Waals surface area contributed by atoms with E-state index in [4.69, 9.17) is 0 Å². The van der Waals surface area contributed by atoms with Gasteiger partial charge in [-0.1, -0.05) is 6.92 Å². The van der Waals surface area contributed by atoms with E-state index >= 15 is 0 Å². The molecular formula is C12H18Cl2F2N4. The van der Waals surface area contributed by atoms with Crippen LogP contribution in [0.5, 0.6) is 0 Å². The van der Waals surface area contributed by atoms with Gasteiger partial charge in [0, 0.05) is 38.2 Å². The molecule has 0 radical (unpaired) electrons. The van der Waals surface area contributed by atoms with Crippen LogP contribution in [0.25, 0.3) is 0 Å². The molecule has 114 valence electrons. The van der Waals surface area contributed by atoms with Gasteiger partial charge in [0.25, 0.3) is 5.92 Å². The summed E-state index contributed by atoms with van der Waals surface area (Å²) in [5.74, 6) is -2.28. The Morgan fingerprint density at radius 1 is 1.25 bits per heavy atom. The zero-order valence-corrected chi connectivity index (χ0v) is 12.7. The van der Waals surface area contributed by atoms with Gasteiger partial charge < -0.3 is 10.2 Å². The van der Waals surface area contributed by atoms with Crippen molar-refractivity contribution in [3.63, 3.8) is 0 Å². The summed E-state index contributed by atoms with van der Waals surface area (Å²) in [6, 6.07) is 0. The predicted octanol–water partition coefficient (Wildman–Crippen LogP) is 2.33. The Morgan fingerprint density at radius 2 is 1.90 bits per heavy atom. The topological polar surface area (TPSA) is 41.1 Å². The fourth-order valence-corrected chi connectivity index (χ4v) is 2.84. The molecule has 0 spiro atoms. The highest BCUT2D eigenvalue weighted by molar-refractivity contribution is 5.85. The van der Waals surface area contributed by atoms with Crippen molar-refractivity contribution in [1.82, 2.24) is 15.3 Å². The van der Waals surface area contributed by atoms with E-state index in [2.05, 4.69) is 20.2 Å². The molecule has 1 aromatic rings. The number of hydrogen-bond acceptors (Lipinski definition) is 4. The lowest BCUT2D eigenvalue weighted by molar-refractivity contribution is -0.00976. The van der Waals surface area contributed by atoms with Gasteiger partial charge in [0.15, 0.2) is 0 Å². The van der Waals surface area contributed by atoms with E-state index in [0.29, 0.717) is 11.4 Å². The lowest BCUT2D eigenvalue weighted by Crippen LogP contribution is -2.44. The SMILES string of the molecule is CC1CC(F)(F)c2ncnc(N3CCNCC3)c21.Cl.Cl. The number of hydrogen-bond donors (Lipinski definition) is 1. The quantitative estimate of drug-likeness (QED) is 0.860. The molecule has 1 aliphatic carbocycles. The third kappa shape index (κ3) is 2.82. The van der Waals surface area contributed by atoms with Crippen molar-refractivity contribution in [3.05, 3.63) is 17.6 Å². The van der Waals surface area contributed by atoms with Crippen LogP contribution in [0.2, 0.25) is 0 Å². The number of rotatable bonds is 1. The fraction of sp³-hybridized carbons (Fsp3) is 0.667. The molecule has 3 rings (SSSR count). The summed E-state index contributed by atoms with van der Waals surface area (Å²) < 4.78 is 27.6. The maximum atomic E-state index is 13.8. The van der Waals surface area contributed by atoms with Gasteiger partial charge in [-0.3, -0.25) is 0 Å². The molecule has 1 aromatic heterocycles. The van der Waals surface area contributed by atoms with Crippen molar-refractivity contribution in [1.29, 1.82) is 0 Å². The Labute approximate surface area is 129 Å². The average molecular weight is 327 g/mol. The van der Waals surface area contributed by atoms with E-state index in [-0.39, 0.29) is 42.8 Å². The molecule has 0 amide bonds. The van der Waals surface area contributed by atoms with Crippen molar-refractivity contribution in [2.75, 3.05) is 31.1 Å². The largest absolute Gasteiger partial charge is 0.354 e. The molecule has 1 atom stereocenters. The molecular weight excluding hydrogens is 309 g/mol. The summed E-state index contributed by atoms with van der Waals surface area (Å²) >= 11 is 0. The van der Waals surface area contributed by atoms with Crippen LogP contribution in [0.4, 0.5) is 14.6 Å². The van der Waals surface area contributed by atoms with Gasteiger partial charge in [-0.05, 0) is 5.92 Å². The highest BCUT2D eigenvalue weighted by Gasteiger charge is 2.47. The molecule has 2 aliphatic rings. The first-order valence-corrected chi connectivity index (χ1v) is 6.28. The molecule has 2 heterocycles. The highest BCUT2D eigenvalue weighted by atomic mass is 35.5. The van der Waals surface area contributed by atoms with E-state index < -0.39 is 5.92 Å². The third-order valence-electron chi connectivity index (χ3n) is 3.68. The predicted molar refractivity (Wildman–Crippen MR) is 78.5 cm³/mol. The number of halogens is 4. The zero-order valence-electron chi connectivity index (χ0n) is 11.1. The zero-order chi connectivity index (χ0) is 12.8. The summed E-state index contributed by atoms with van der Waals surface area (Å²) in [6.07, 6.45) is 1.11. The minimum absolute atomic E-state index is 0. The Hall–Kier alpha value is -0.720. The van der Waals surface area contributed by atoms with E-state index in [1.807, 2.05) is 6.92 Å². The van der Waals surface area contributed by atoms with Crippen molar-refractivity contribution in [2.45, 2.75) is 25.2 Å². The monoisotopic (exact) mass is 326 g/mol. The van der Waals surface area contributed by atoms with Gasteiger partial charge in [-0.25, -0.2) is 9.97 Å². The molecule has 20 heavy (non-hydrogen) atoms. The Balaban J connectivity index is 0.000001000. The van der Waals surface area contributed by atoms with Gasteiger partial charge in [0.1, 0.15) is 17.8 Å². The second-order valence-corrected chi connectivity index (χ2v) is 5.01. The molecule has 4 nitrogen and oxygen atoms in total.